The van der Waals surface area contributed by atoms with Crippen LogP contribution in [0.15, 0.2) is 53.9 Å². The molecule has 0 saturated carbocycles. The van der Waals surface area contributed by atoms with E-state index in [-0.39, 0.29) is 5.82 Å². The summed E-state index contributed by atoms with van der Waals surface area (Å²) in [7, 11) is 0. The first-order valence-electron chi connectivity index (χ1n) is 6.56. The Morgan fingerprint density at radius 2 is 1.76 bits per heavy atom. The number of aliphatic hydroxyl groups excluding tert-OH is 1. The average Bonchev–Trinajstić information content (AvgIpc) is 3.08. The van der Waals surface area contributed by atoms with Crippen molar-refractivity contribution in [3.8, 4) is 0 Å². The van der Waals surface area contributed by atoms with Crippen LogP contribution in [0.25, 0.3) is 20.2 Å². The van der Waals surface area contributed by atoms with Gasteiger partial charge in [-0.25, -0.2) is 4.39 Å². The number of aliphatic hydroxyl groups is 1. The molecule has 0 aliphatic heterocycles. The van der Waals surface area contributed by atoms with Crippen LogP contribution in [0.4, 0.5) is 4.39 Å². The summed E-state index contributed by atoms with van der Waals surface area (Å²) in [6, 6.07) is 14.5. The van der Waals surface area contributed by atoms with Gasteiger partial charge in [0.2, 0.25) is 0 Å². The SMILES string of the molecule is OC(c1cc2sccc2s1)c1ccc(F)c2ccccc12. The van der Waals surface area contributed by atoms with E-state index in [2.05, 4.69) is 6.07 Å². The van der Waals surface area contributed by atoms with Crippen LogP contribution in [-0.4, -0.2) is 5.11 Å². The summed E-state index contributed by atoms with van der Waals surface area (Å²) in [6.07, 6.45) is -0.722. The Kier molecular flexibility index (Phi) is 3.03. The fourth-order valence-corrected chi connectivity index (χ4v) is 4.72. The van der Waals surface area contributed by atoms with Gasteiger partial charge in [0.15, 0.2) is 0 Å². The maximum Gasteiger partial charge on any atom is 0.131 e. The molecule has 2 aromatic heterocycles. The van der Waals surface area contributed by atoms with Crippen LogP contribution in [0.5, 0.6) is 0 Å². The molecule has 0 saturated heterocycles. The summed E-state index contributed by atoms with van der Waals surface area (Å²) in [4.78, 5) is 0.897. The lowest BCUT2D eigenvalue weighted by molar-refractivity contribution is 0.226. The quantitative estimate of drug-likeness (QED) is 0.530. The first-order valence-corrected chi connectivity index (χ1v) is 8.26. The molecule has 4 rings (SSSR count). The molecule has 0 fully saturated rings. The molecule has 21 heavy (non-hydrogen) atoms. The second-order valence-corrected chi connectivity index (χ2v) is 6.95. The second-order valence-electron chi connectivity index (χ2n) is 4.88. The number of thiophene rings is 2. The molecule has 2 aromatic carbocycles. The zero-order chi connectivity index (χ0) is 14.4. The van der Waals surface area contributed by atoms with Crippen LogP contribution in [0.1, 0.15) is 16.5 Å². The summed E-state index contributed by atoms with van der Waals surface area (Å²) >= 11 is 3.25. The van der Waals surface area contributed by atoms with Crippen molar-refractivity contribution in [3.05, 3.63) is 70.2 Å². The molecule has 0 radical (unpaired) electrons. The van der Waals surface area contributed by atoms with E-state index in [1.165, 1.54) is 15.5 Å². The molecule has 1 N–H and O–H groups in total. The highest BCUT2D eigenvalue weighted by molar-refractivity contribution is 7.26. The van der Waals surface area contributed by atoms with Crippen molar-refractivity contribution in [1.29, 1.82) is 0 Å². The third-order valence-electron chi connectivity index (χ3n) is 3.63. The molecule has 0 spiro atoms. The normalized spacial score (nSPS) is 13.0. The molecule has 104 valence electrons. The molecule has 0 bridgehead atoms. The average molecular weight is 314 g/mol. The van der Waals surface area contributed by atoms with Crippen molar-refractivity contribution in [1.82, 2.24) is 0 Å². The number of hydrogen-bond donors (Lipinski definition) is 1. The molecular formula is C17H11FOS2. The minimum absolute atomic E-state index is 0.256. The van der Waals surface area contributed by atoms with E-state index < -0.39 is 6.10 Å². The molecule has 1 unspecified atom stereocenters. The van der Waals surface area contributed by atoms with Crippen molar-refractivity contribution in [2.24, 2.45) is 0 Å². The van der Waals surface area contributed by atoms with Gasteiger partial charge in [-0.2, -0.15) is 0 Å². The maximum atomic E-state index is 13.9. The smallest absolute Gasteiger partial charge is 0.131 e. The minimum Gasteiger partial charge on any atom is -0.383 e. The topological polar surface area (TPSA) is 20.2 Å². The van der Waals surface area contributed by atoms with Gasteiger partial charge >= 0.3 is 0 Å². The molecule has 4 heteroatoms. The molecule has 4 aromatic rings. The Balaban J connectivity index is 1.89. The highest BCUT2D eigenvalue weighted by Crippen LogP contribution is 2.38. The van der Waals surface area contributed by atoms with E-state index in [1.54, 1.807) is 34.8 Å². The summed E-state index contributed by atoms with van der Waals surface area (Å²) in [5, 5.41) is 14.1. The standard InChI is InChI=1S/C17H11FOS2/c18-13-6-5-12(10-3-1-2-4-11(10)13)17(19)16-9-15-14(21-16)7-8-20-15/h1-9,17,19H. The van der Waals surface area contributed by atoms with Crippen LogP contribution in [0.3, 0.4) is 0 Å². The van der Waals surface area contributed by atoms with Crippen molar-refractivity contribution in [2.75, 3.05) is 0 Å². The number of benzene rings is 2. The van der Waals surface area contributed by atoms with Crippen molar-refractivity contribution < 1.29 is 9.50 Å². The summed E-state index contributed by atoms with van der Waals surface area (Å²) < 4.78 is 16.2. The fraction of sp³-hybridized carbons (Fsp3) is 0.0588. The van der Waals surface area contributed by atoms with Crippen LogP contribution in [-0.2, 0) is 0 Å². The van der Waals surface area contributed by atoms with Crippen molar-refractivity contribution in [2.45, 2.75) is 6.10 Å². The summed E-state index contributed by atoms with van der Waals surface area (Å²) in [6.45, 7) is 0. The largest absolute Gasteiger partial charge is 0.383 e. The van der Waals surface area contributed by atoms with Crippen LogP contribution in [0.2, 0.25) is 0 Å². The first-order chi connectivity index (χ1) is 10.2. The monoisotopic (exact) mass is 314 g/mol. The highest BCUT2D eigenvalue weighted by atomic mass is 32.1. The van der Waals surface area contributed by atoms with Gasteiger partial charge in [-0.3, -0.25) is 0 Å². The van der Waals surface area contributed by atoms with E-state index in [1.807, 2.05) is 29.6 Å². The number of rotatable bonds is 2. The number of halogens is 1. The van der Waals surface area contributed by atoms with Gasteiger partial charge in [0, 0.05) is 19.7 Å². The van der Waals surface area contributed by atoms with E-state index in [0.717, 1.165) is 15.8 Å². The Labute approximate surface area is 128 Å². The minimum atomic E-state index is -0.722. The van der Waals surface area contributed by atoms with Gasteiger partial charge in [-0.15, -0.1) is 22.7 Å². The highest BCUT2D eigenvalue weighted by Gasteiger charge is 2.17. The Morgan fingerprint density at radius 1 is 0.952 bits per heavy atom. The van der Waals surface area contributed by atoms with E-state index in [4.69, 9.17) is 0 Å². The summed E-state index contributed by atoms with van der Waals surface area (Å²) in [5.74, 6) is -0.256. The molecule has 0 aliphatic rings. The van der Waals surface area contributed by atoms with Crippen LogP contribution < -0.4 is 0 Å². The van der Waals surface area contributed by atoms with Gasteiger partial charge in [0.25, 0.3) is 0 Å². The van der Waals surface area contributed by atoms with Crippen molar-refractivity contribution >= 4 is 42.8 Å². The maximum absolute atomic E-state index is 13.9. The molecule has 0 amide bonds. The zero-order valence-corrected chi connectivity index (χ0v) is 12.5. The lowest BCUT2D eigenvalue weighted by atomic mass is 9.99. The van der Waals surface area contributed by atoms with E-state index in [0.29, 0.717) is 5.39 Å². The summed E-state index contributed by atoms with van der Waals surface area (Å²) in [5.41, 5.74) is 0.751. The molecular weight excluding hydrogens is 303 g/mol. The van der Waals surface area contributed by atoms with Gasteiger partial charge in [0.05, 0.1) is 0 Å². The van der Waals surface area contributed by atoms with Gasteiger partial charge in [-0.1, -0.05) is 30.3 Å². The number of fused-ring (bicyclic) bond motifs is 2. The van der Waals surface area contributed by atoms with Crippen LogP contribution in [0, 0.1) is 5.82 Å². The Bertz CT molecular complexity index is 910. The molecule has 2 heterocycles. The number of hydrogen-bond acceptors (Lipinski definition) is 3. The zero-order valence-electron chi connectivity index (χ0n) is 10.9. The fourth-order valence-electron chi connectivity index (χ4n) is 2.60. The van der Waals surface area contributed by atoms with Gasteiger partial charge < -0.3 is 5.11 Å². The van der Waals surface area contributed by atoms with Crippen LogP contribution >= 0.6 is 22.7 Å². The first kappa shape index (κ1) is 13.0. The Morgan fingerprint density at radius 3 is 2.57 bits per heavy atom. The predicted molar refractivity (Wildman–Crippen MR) is 87.7 cm³/mol. The molecule has 1 nitrogen and oxygen atoms in total. The van der Waals surface area contributed by atoms with Crippen molar-refractivity contribution in [3.63, 3.8) is 0 Å². The molecule has 1 atom stereocenters. The van der Waals surface area contributed by atoms with E-state index in [9.17, 15) is 9.50 Å². The predicted octanol–water partition coefficient (Wildman–Crippen LogP) is 5.34. The Hall–Kier alpha value is -1.75. The second kappa shape index (κ2) is 4.91. The molecule has 0 aliphatic carbocycles. The van der Waals surface area contributed by atoms with Gasteiger partial charge in [-0.05, 0) is 34.5 Å². The lowest BCUT2D eigenvalue weighted by Crippen LogP contribution is -1.99. The van der Waals surface area contributed by atoms with E-state index >= 15 is 0 Å². The third kappa shape index (κ3) is 2.07. The van der Waals surface area contributed by atoms with Gasteiger partial charge in [0.1, 0.15) is 11.9 Å². The third-order valence-corrected chi connectivity index (χ3v) is 5.77. The lowest BCUT2D eigenvalue weighted by Gasteiger charge is -2.12.